The van der Waals surface area contributed by atoms with Crippen LogP contribution in [0, 0.1) is 29.7 Å². The van der Waals surface area contributed by atoms with Crippen LogP contribution < -0.4 is 10.5 Å². The molecular weight excluding hydrogens is 360 g/mol. The second-order valence-corrected chi connectivity index (χ2v) is 8.83. The van der Waals surface area contributed by atoms with E-state index in [1.807, 2.05) is 32.9 Å². The summed E-state index contributed by atoms with van der Waals surface area (Å²) in [6, 6.07) is 7.20. The molecule has 1 aliphatic rings. The largest absolute Gasteiger partial charge is 0.342 e. The van der Waals surface area contributed by atoms with Gasteiger partial charge in [-0.25, -0.2) is 9.83 Å². The molecule has 29 heavy (non-hydrogen) atoms. The Labute approximate surface area is 173 Å². The third-order valence-corrected chi connectivity index (χ3v) is 5.17. The van der Waals surface area contributed by atoms with E-state index in [4.69, 9.17) is 11.6 Å². The first-order chi connectivity index (χ1) is 13.7. The Hall–Kier alpha value is -3.05. The van der Waals surface area contributed by atoms with Crippen molar-refractivity contribution in [2.45, 2.75) is 40.5 Å². The molecule has 0 saturated carbocycles. The van der Waals surface area contributed by atoms with Gasteiger partial charge in [-0.2, -0.15) is 0 Å². The van der Waals surface area contributed by atoms with Crippen LogP contribution in [0.25, 0.3) is 16.1 Å². The number of aromatic nitrogens is 2. The molecule has 150 valence electrons. The number of nitrogens with zero attached hydrogens (tertiary/aromatic N) is 4. The highest BCUT2D eigenvalue weighted by Crippen LogP contribution is 2.27. The summed E-state index contributed by atoms with van der Waals surface area (Å²) in [4.78, 5) is 23.8. The van der Waals surface area contributed by atoms with Gasteiger partial charge < -0.3 is 4.90 Å². The van der Waals surface area contributed by atoms with Crippen molar-refractivity contribution in [3.05, 3.63) is 51.6 Å². The molecule has 0 aliphatic carbocycles. The van der Waals surface area contributed by atoms with Crippen LogP contribution >= 0.6 is 0 Å². The van der Waals surface area contributed by atoms with Crippen LogP contribution in [0.1, 0.15) is 46.1 Å². The van der Waals surface area contributed by atoms with Crippen LogP contribution in [-0.4, -0.2) is 22.6 Å². The van der Waals surface area contributed by atoms with Crippen molar-refractivity contribution in [1.82, 2.24) is 9.55 Å². The number of anilines is 1. The first-order valence-corrected chi connectivity index (χ1v) is 10.1. The van der Waals surface area contributed by atoms with Crippen LogP contribution in [0.5, 0.6) is 0 Å². The van der Waals surface area contributed by atoms with E-state index in [1.54, 1.807) is 23.7 Å². The standard InChI is InChI=1S/C24H28N4O/c1-17-12-15-28(16-13-17)23-26-21(18-7-9-19(25-5)10-8-18)20(22(29)27(23)6)11-14-24(2,3)4/h7-10,17H,12-13,15-16H2,1-4,6H3. The Kier molecular flexibility index (Phi) is 5.80. The summed E-state index contributed by atoms with van der Waals surface area (Å²) < 4.78 is 1.62. The fraction of sp³-hybridized carbons (Fsp3) is 0.458. The Bertz CT molecular complexity index is 1050. The molecule has 0 radical (unpaired) electrons. The van der Waals surface area contributed by atoms with Crippen molar-refractivity contribution >= 4 is 11.6 Å². The maximum Gasteiger partial charge on any atom is 0.271 e. The molecule has 5 nitrogen and oxygen atoms in total. The Morgan fingerprint density at radius 1 is 1.17 bits per heavy atom. The second kappa shape index (κ2) is 8.13. The zero-order valence-electron chi connectivity index (χ0n) is 17.9. The van der Waals surface area contributed by atoms with E-state index in [-0.39, 0.29) is 11.0 Å². The molecule has 1 aromatic carbocycles. The predicted octanol–water partition coefficient (Wildman–Crippen LogP) is 4.63. The zero-order valence-corrected chi connectivity index (χ0v) is 17.9. The molecule has 2 heterocycles. The molecule has 1 fully saturated rings. The normalized spacial score (nSPS) is 14.8. The van der Waals surface area contributed by atoms with E-state index < -0.39 is 0 Å². The number of hydrogen-bond donors (Lipinski definition) is 0. The Morgan fingerprint density at radius 3 is 2.34 bits per heavy atom. The maximum absolute atomic E-state index is 13.3. The van der Waals surface area contributed by atoms with Crippen molar-refractivity contribution in [3.8, 4) is 23.1 Å². The molecule has 2 aromatic rings. The molecule has 3 rings (SSSR count). The lowest BCUT2D eigenvalue weighted by Crippen LogP contribution is -2.38. The number of rotatable bonds is 2. The van der Waals surface area contributed by atoms with Gasteiger partial charge in [0.15, 0.2) is 5.69 Å². The summed E-state index contributed by atoms with van der Waals surface area (Å²) in [7, 11) is 1.77. The first-order valence-electron chi connectivity index (χ1n) is 10.1. The lowest BCUT2D eigenvalue weighted by Gasteiger charge is -2.32. The highest BCUT2D eigenvalue weighted by molar-refractivity contribution is 5.70. The lowest BCUT2D eigenvalue weighted by atomic mass is 9.97. The molecule has 0 amide bonds. The van der Waals surface area contributed by atoms with Crippen molar-refractivity contribution < 1.29 is 0 Å². The maximum atomic E-state index is 13.3. The number of piperidine rings is 1. The van der Waals surface area contributed by atoms with Crippen molar-refractivity contribution in [3.63, 3.8) is 0 Å². The average molecular weight is 389 g/mol. The molecule has 1 saturated heterocycles. The lowest BCUT2D eigenvalue weighted by molar-refractivity contribution is 0.431. The topological polar surface area (TPSA) is 42.5 Å². The Balaban J connectivity index is 2.19. The van der Waals surface area contributed by atoms with Crippen LogP contribution in [0.15, 0.2) is 29.1 Å². The minimum absolute atomic E-state index is 0.130. The number of hydrogen-bond acceptors (Lipinski definition) is 3. The SMILES string of the molecule is [C-]#[N+]c1ccc(-c2nc(N3CCC(C)CC3)n(C)c(=O)c2C#CC(C)(C)C)cc1. The third-order valence-electron chi connectivity index (χ3n) is 5.17. The van der Waals surface area contributed by atoms with Gasteiger partial charge >= 0.3 is 0 Å². The molecular formula is C24H28N4O. The van der Waals surface area contributed by atoms with E-state index in [1.165, 1.54) is 0 Å². The fourth-order valence-electron chi connectivity index (χ4n) is 3.35. The van der Waals surface area contributed by atoms with Crippen molar-refractivity contribution in [2.75, 3.05) is 18.0 Å². The van der Waals surface area contributed by atoms with Crippen LogP contribution in [0.2, 0.25) is 0 Å². The summed E-state index contributed by atoms with van der Waals surface area (Å²) in [5, 5.41) is 0. The fourth-order valence-corrected chi connectivity index (χ4v) is 3.35. The monoisotopic (exact) mass is 388 g/mol. The van der Waals surface area contributed by atoms with Gasteiger partial charge in [-0.1, -0.05) is 43.0 Å². The van der Waals surface area contributed by atoms with Crippen molar-refractivity contribution in [1.29, 1.82) is 0 Å². The van der Waals surface area contributed by atoms with Crippen LogP contribution in [0.3, 0.4) is 0 Å². The predicted molar refractivity (Wildman–Crippen MR) is 118 cm³/mol. The van der Waals surface area contributed by atoms with E-state index in [0.717, 1.165) is 31.5 Å². The van der Waals surface area contributed by atoms with Gasteiger partial charge in [-0.05, 0) is 45.1 Å². The third kappa shape index (κ3) is 4.69. The zero-order chi connectivity index (χ0) is 21.2. The molecule has 0 N–H and O–H groups in total. The molecule has 0 unspecified atom stereocenters. The van der Waals surface area contributed by atoms with Gasteiger partial charge in [-0.3, -0.25) is 9.36 Å². The molecule has 1 aromatic heterocycles. The molecule has 1 aliphatic heterocycles. The van der Waals surface area contributed by atoms with Crippen molar-refractivity contribution in [2.24, 2.45) is 18.4 Å². The Morgan fingerprint density at radius 2 is 1.79 bits per heavy atom. The van der Waals surface area contributed by atoms with E-state index in [0.29, 0.717) is 28.8 Å². The highest BCUT2D eigenvalue weighted by Gasteiger charge is 2.23. The van der Waals surface area contributed by atoms with Crippen LogP contribution in [-0.2, 0) is 7.05 Å². The smallest absolute Gasteiger partial charge is 0.271 e. The summed E-state index contributed by atoms with van der Waals surface area (Å²) in [6.07, 6.45) is 2.19. The molecule has 0 atom stereocenters. The quantitative estimate of drug-likeness (QED) is 0.556. The number of benzene rings is 1. The van der Waals surface area contributed by atoms with Gasteiger partial charge in [0.25, 0.3) is 5.56 Å². The summed E-state index contributed by atoms with van der Waals surface area (Å²) in [6.45, 7) is 17.3. The minimum Gasteiger partial charge on any atom is -0.342 e. The summed E-state index contributed by atoms with van der Waals surface area (Å²) in [5.74, 6) is 7.66. The molecule has 5 heteroatoms. The van der Waals surface area contributed by atoms with E-state index in [2.05, 4.69) is 28.5 Å². The first kappa shape index (κ1) is 20.7. The van der Waals surface area contributed by atoms with Gasteiger partial charge in [0, 0.05) is 25.6 Å². The van der Waals surface area contributed by atoms with Gasteiger partial charge in [0.1, 0.15) is 5.56 Å². The summed E-state index contributed by atoms with van der Waals surface area (Å²) in [5.41, 5.74) is 2.01. The van der Waals surface area contributed by atoms with Gasteiger partial charge in [-0.15, -0.1) is 0 Å². The molecule has 0 bridgehead atoms. The summed E-state index contributed by atoms with van der Waals surface area (Å²) >= 11 is 0. The van der Waals surface area contributed by atoms with E-state index in [9.17, 15) is 4.79 Å². The second-order valence-electron chi connectivity index (χ2n) is 8.83. The van der Waals surface area contributed by atoms with Gasteiger partial charge in [0.05, 0.1) is 12.3 Å². The average Bonchev–Trinajstić information content (AvgIpc) is 2.69. The highest BCUT2D eigenvalue weighted by atomic mass is 16.1. The van der Waals surface area contributed by atoms with Gasteiger partial charge in [0.2, 0.25) is 5.95 Å². The van der Waals surface area contributed by atoms with E-state index >= 15 is 0 Å². The minimum atomic E-state index is -0.224. The molecule has 0 spiro atoms. The van der Waals surface area contributed by atoms with Crippen LogP contribution in [0.4, 0.5) is 11.6 Å².